The minimum Gasteiger partial charge on any atom is -0.481 e. The van der Waals surface area contributed by atoms with Crippen molar-refractivity contribution in [1.29, 1.82) is 5.26 Å². The molecular formula is C11H18N2O3S. The second kappa shape index (κ2) is 8.88. The zero-order valence-corrected chi connectivity index (χ0v) is 10.9. The molecular weight excluding hydrogens is 240 g/mol. The van der Waals surface area contributed by atoms with Crippen LogP contribution in [0.5, 0.6) is 0 Å². The highest BCUT2D eigenvalue weighted by Gasteiger charge is 2.19. The van der Waals surface area contributed by atoms with E-state index in [-0.39, 0.29) is 29.9 Å². The summed E-state index contributed by atoms with van der Waals surface area (Å²) in [6.45, 7) is 4.04. The Hall–Kier alpha value is -1.22. The summed E-state index contributed by atoms with van der Waals surface area (Å²) in [4.78, 5) is 22.2. The van der Waals surface area contributed by atoms with Gasteiger partial charge in [-0.05, 0) is 12.3 Å². The molecule has 0 bridgehead atoms. The number of amides is 1. The summed E-state index contributed by atoms with van der Waals surface area (Å²) >= 11 is 1.21. The number of carboxylic acid groups (broad SMARTS) is 1. The quantitative estimate of drug-likeness (QED) is 0.636. The number of nitrogens with zero attached hydrogens (tertiary/aromatic N) is 1. The van der Waals surface area contributed by atoms with Gasteiger partial charge in [-0.2, -0.15) is 5.26 Å². The van der Waals surface area contributed by atoms with Gasteiger partial charge in [-0.25, -0.2) is 0 Å². The normalized spacial score (nSPS) is 11.9. The van der Waals surface area contributed by atoms with Crippen molar-refractivity contribution < 1.29 is 14.7 Å². The third-order valence-electron chi connectivity index (χ3n) is 2.05. The number of hydrogen-bond donors (Lipinski definition) is 2. The van der Waals surface area contributed by atoms with E-state index in [4.69, 9.17) is 10.4 Å². The Bertz CT molecular complexity index is 300. The summed E-state index contributed by atoms with van der Waals surface area (Å²) in [7, 11) is 0. The largest absolute Gasteiger partial charge is 0.481 e. The zero-order valence-electron chi connectivity index (χ0n) is 10.1. The summed E-state index contributed by atoms with van der Waals surface area (Å²) in [5.74, 6) is -0.909. The van der Waals surface area contributed by atoms with E-state index in [0.717, 1.165) is 0 Å². The number of carbonyl (C=O) groups is 2. The molecule has 1 atom stereocenters. The van der Waals surface area contributed by atoms with E-state index in [1.165, 1.54) is 11.8 Å². The molecule has 5 nitrogen and oxygen atoms in total. The van der Waals surface area contributed by atoms with Crippen LogP contribution in [0.1, 0.15) is 20.3 Å². The van der Waals surface area contributed by atoms with Crippen LogP contribution in [-0.4, -0.2) is 35.0 Å². The number of aliphatic carboxylic acids is 1. The van der Waals surface area contributed by atoms with Crippen LogP contribution >= 0.6 is 11.8 Å². The lowest BCUT2D eigenvalue weighted by Gasteiger charge is -2.15. The molecule has 0 aromatic heterocycles. The van der Waals surface area contributed by atoms with Crippen LogP contribution in [0.15, 0.2) is 0 Å². The maximum atomic E-state index is 11.3. The number of nitrogens with one attached hydrogen (secondary N) is 1. The first-order valence-corrected chi connectivity index (χ1v) is 6.57. The van der Waals surface area contributed by atoms with Crippen molar-refractivity contribution in [1.82, 2.24) is 5.32 Å². The molecule has 96 valence electrons. The van der Waals surface area contributed by atoms with Gasteiger partial charge in [0.1, 0.15) is 0 Å². The van der Waals surface area contributed by atoms with Gasteiger partial charge < -0.3 is 10.4 Å². The minimum absolute atomic E-state index is 0.152. The Balaban J connectivity index is 3.92. The molecule has 0 aliphatic rings. The van der Waals surface area contributed by atoms with Crippen LogP contribution in [0.25, 0.3) is 0 Å². The topological polar surface area (TPSA) is 90.2 Å². The highest BCUT2D eigenvalue weighted by atomic mass is 32.2. The Morgan fingerprint density at radius 3 is 2.59 bits per heavy atom. The lowest BCUT2D eigenvalue weighted by Crippen LogP contribution is -2.34. The molecule has 0 saturated carbocycles. The highest BCUT2D eigenvalue weighted by Crippen LogP contribution is 2.11. The second-order valence-corrected chi connectivity index (χ2v) is 5.11. The van der Waals surface area contributed by atoms with E-state index in [1.807, 2.05) is 19.9 Å². The van der Waals surface area contributed by atoms with Crippen molar-refractivity contribution in [3.8, 4) is 6.07 Å². The third-order valence-corrected chi connectivity index (χ3v) is 2.85. The van der Waals surface area contributed by atoms with Crippen molar-refractivity contribution in [2.45, 2.75) is 20.3 Å². The molecule has 0 saturated heterocycles. The van der Waals surface area contributed by atoms with Gasteiger partial charge in [0, 0.05) is 6.54 Å². The van der Waals surface area contributed by atoms with Crippen LogP contribution in [0, 0.1) is 23.2 Å². The Morgan fingerprint density at radius 2 is 2.12 bits per heavy atom. The summed E-state index contributed by atoms with van der Waals surface area (Å²) in [6.07, 6.45) is 0.543. The molecule has 0 fully saturated rings. The van der Waals surface area contributed by atoms with Crippen molar-refractivity contribution in [3.63, 3.8) is 0 Å². The number of nitriles is 1. The fourth-order valence-corrected chi connectivity index (χ4v) is 1.80. The number of thioether (sulfide) groups is 1. The molecule has 0 heterocycles. The van der Waals surface area contributed by atoms with Crippen LogP contribution in [0.3, 0.4) is 0 Å². The monoisotopic (exact) mass is 258 g/mol. The molecule has 0 aliphatic heterocycles. The van der Waals surface area contributed by atoms with Gasteiger partial charge in [0.05, 0.1) is 23.5 Å². The van der Waals surface area contributed by atoms with Gasteiger partial charge in [-0.1, -0.05) is 13.8 Å². The van der Waals surface area contributed by atoms with Crippen molar-refractivity contribution in [3.05, 3.63) is 0 Å². The van der Waals surface area contributed by atoms with E-state index in [0.29, 0.717) is 6.42 Å². The van der Waals surface area contributed by atoms with Crippen molar-refractivity contribution in [2.75, 3.05) is 18.1 Å². The number of carboxylic acids is 1. The number of hydrogen-bond acceptors (Lipinski definition) is 4. The van der Waals surface area contributed by atoms with E-state index in [9.17, 15) is 9.59 Å². The van der Waals surface area contributed by atoms with Gasteiger partial charge >= 0.3 is 5.97 Å². The van der Waals surface area contributed by atoms with E-state index < -0.39 is 11.9 Å². The molecule has 17 heavy (non-hydrogen) atoms. The standard InChI is InChI=1S/C11H18N2O3S/c1-8(2)5-9(11(15)16)6-13-10(14)7-17-4-3-12/h8-9H,4-7H2,1-2H3,(H,13,14)(H,15,16). The average molecular weight is 258 g/mol. The molecule has 0 aliphatic carbocycles. The Kier molecular flexibility index (Phi) is 8.24. The minimum atomic E-state index is -0.885. The summed E-state index contributed by atoms with van der Waals surface area (Å²) in [6, 6.07) is 1.92. The van der Waals surface area contributed by atoms with Crippen LogP contribution in [0.2, 0.25) is 0 Å². The zero-order chi connectivity index (χ0) is 13.3. The fraction of sp³-hybridized carbons (Fsp3) is 0.727. The first kappa shape index (κ1) is 15.8. The van der Waals surface area contributed by atoms with Gasteiger partial charge in [0.15, 0.2) is 0 Å². The molecule has 1 amide bonds. The van der Waals surface area contributed by atoms with E-state index in [2.05, 4.69) is 5.32 Å². The van der Waals surface area contributed by atoms with E-state index >= 15 is 0 Å². The van der Waals surface area contributed by atoms with Crippen molar-refractivity contribution >= 4 is 23.6 Å². The first-order valence-electron chi connectivity index (χ1n) is 5.41. The van der Waals surface area contributed by atoms with Crippen LogP contribution in [-0.2, 0) is 9.59 Å². The van der Waals surface area contributed by atoms with Gasteiger partial charge in [-0.3, -0.25) is 9.59 Å². The maximum absolute atomic E-state index is 11.3. The predicted molar refractivity (Wildman–Crippen MR) is 66.5 cm³/mol. The molecule has 0 aromatic carbocycles. The number of rotatable bonds is 8. The molecule has 2 N–H and O–H groups in total. The molecule has 0 spiro atoms. The van der Waals surface area contributed by atoms with Gasteiger partial charge in [-0.15, -0.1) is 11.8 Å². The lowest BCUT2D eigenvalue weighted by atomic mass is 9.97. The Morgan fingerprint density at radius 1 is 1.47 bits per heavy atom. The van der Waals surface area contributed by atoms with E-state index in [1.54, 1.807) is 0 Å². The average Bonchev–Trinajstić information content (AvgIpc) is 2.23. The van der Waals surface area contributed by atoms with Gasteiger partial charge in [0.2, 0.25) is 5.91 Å². The molecule has 0 aromatic rings. The fourth-order valence-electron chi connectivity index (χ4n) is 1.32. The second-order valence-electron chi connectivity index (χ2n) is 4.12. The van der Waals surface area contributed by atoms with Crippen molar-refractivity contribution in [2.24, 2.45) is 11.8 Å². The summed E-state index contributed by atoms with van der Waals surface area (Å²) in [5.41, 5.74) is 0. The van der Waals surface area contributed by atoms with Gasteiger partial charge in [0.25, 0.3) is 0 Å². The molecule has 0 radical (unpaired) electrons. The SMILES string of the molecule is CC(C)CC(CNC(=O)CSCC#N)C(=O)O. The third kappa shape index (κ3) is 8.57. The number of carbonyl (C=O) groups excluding carboxylic acids is 1. The lowest BCUT2D eigenvalue weighted by molar-refractivity contribution is -0.142. The Labute approximate surface area is 106 Å². The summed E-state index contributed by atoms with van der Waals surface area (Å²) in [5, 5.41) is 19.8. The first-order chi connectivity index (χ1) is 7.97. The molecule has 0 rings (SSSR count). The van der Waals surface area contributed by atoms with Crippen LogP contribution in [0.4, 0.5) is 0 Å². The smallest absolute Gasteiger partial charge is 0.308 e. The van der Waals surface area contributed by atoms with Crippen LogP contribution < -0.4 is 5.32 Å². The summed E-state index contributed by atoms with van der Waals surface area (Å²) < 4.78 is 0. The maximum Gasteiger partial charge on any atom is 0.308 e. The predicted octanol–water partition coefficient (Wildman–Crippen LogP) is 1.11. The molecule has 1 unspecified atom stereocenters. The molecule has 6 heteroatoms. The highest BCUT2D eigenvalue weighted by molar-refractivity contribution is 8.00.